The Kier molecular flexibility index (Phi) is 7.72. The van der Waals surface area contributed by atoms with Gasteiger partial charge in [0.15, 0.2) is 6.61 Å². The number of fused-ring (bicyclic) bond motifs is 1. The van der Waals surface area contributed by atoms with Gasteiger partial charge < -0.3 is 10.1 Å². The number of hydrogen-bond acceptors (Lipinski definition) is 5. The summed E-state index contributed by atoms with van der Waals surface area (Å²) in [6.07, 6.45) is 3.67. The molecule has 3 amide bonds. The topological polar surface area (TPSA) is 92.8 Å². The number of carbonyl (C=O) groups is 4. The number of esters is 1. The lowest BCUT2D eigenvalue weighted by Gasteiger charge is -2.14. The first-order valence-corrected chi connectivity index (χ1v) is 9.79. The maximum Gasteiger partial charge on any atom is 0.338 e. The minimum absolute atomic E-state index is 0.143. The lowest BCUT2D eigenvalue weighted by atomic mass is 10.1. The van der Waals surface area contributed by atoms with Crippen LogP contribution in [0.25, 0.3) is 0 Å². The van der Waals surface area contributed by atoms with Crippen LogP contribution in [0.1, 0.15) is 77.5 Å². The molecule has 1 aromatic rings. The number of ether oxygens (including phenoxy) is 1. The predicted molar refractivity (Wildman–Crippen MR) is 104 cm³/mol. The Balaban J connectivity index is 1.95. The average Bonchev–Trinajstić information content (AvgIpc) is 2.91. The molecule has 1 aromatic carbocycles. The third kappa shape index (κ3) is 5.41. The van der Waals surface area contributed by atoms with Crippen molar-refractivity contribution in [2.75, 3.05) is 19.7 Å². The van der Waals surface area contributed by atoms with E-state index in [-0.39, 0.29) is 29.5 Å². The predicted octanol–water partition coefficient (Wildman–Crippen LogP) is 2.79. The smallest absolute Gasteiger partial charge is 0.338 e. The molecule has 2 rings (SSSR count). The number of carbonyl (C=O) groups excluding carboxylic acids is 4. The van der Waals surface area contributed by atoms with Gasteiger partial charge in [-0.25, -0.2) is 4.79 Å². The molecule has 1 N–H and O–H groups in total. The molecule has 0 atom stereocenters. The molecule has 152 valence electrons. The monoisotopic (exact) mass is 388 g/mol. The summed E-state index contributed by atoms with van der Waals surface area (Å²) in [6, 6.07) is 4.27. The first-order valence-electron chi connectivity index (χ1n) is 9.79. The summed E-state index contributed by atoms with van der Waals surface area (Å²) in [5, 5.41) is 2.69. The molecule has 0 aliphatic carbocycles. The number of amides is 3. The Morgan fingerprint density at radius 2 is 1.82 bits per heavy atom. The lowest BCUT2D eigenvalue weighted by molar-refractivity contribution is -0.124. The number of nitrogens with one attached hydrogen (secondary N) is 1. The van der Waals surface area contributed by atoms with E-state index in [0.717, 1.165) is 19.3 Å². The van der Waals surface area contributed by atoms with E-state index in [2.05, 4.69) is 12.2 Å². The Hall–Kier alpha value is -2.70. The molecule has 7 heteroatoms. The van der Waals surface area contributed by atoms with Gasteiger partial charge in [-0.05, 0) is 37.0 Å². The maximum atomic E-state index is 12.5. The van der Waals surface area contributed by atoms with Crippen LogP contribution < -0.4 is 5.32 Å². The van der Waals surface area contributed by atoms with Crippen molar-refractivity contribution in [2.24, 2.45) is 5.92 Å². The molecule has 28 heavy (non-hydrogen) atoms. The van der Waals surface area contributed by atoms with E-state index in [1.54, 1.807) is 0 Å². The second kappa shape index (κ2) is 10.0. The van der Waals surface area contributed by atoms with Gasteiger partial charge in [-0.15, -0.1) is 0 Å². The van der Waals surface area contributed by atoms with Gasteiger partial charge in [0.2, 0.25) is 0 Å². The van der Waals surface area contributed by atoms with E-state index in [0.29, 0.717) is 31.0 Å². The SMILES string of the molecule is CCCCCNC(=O)COC(=O)c1ccc2c(c1)C(=O)N(CCC(C)C)C2=O. The molecule has 1 aliphatic rings. The fourth-order valence-corrected chi connectivity index (χ4v) is 2.88. The molecule has 0 fully saturated rings. The van der Waals surface area contributed by atoms with Crippen molar-refractivity contribution < 1.29 is 23.9 Å². The van der Waals surface area contributed by atoms with Crippen molar-refractivity contribution >= 4 is 23.7 Å². The Morgan fingerprint density at radius 1 is 1.11 bits per heavy atom. The van der Waals surface area contributed by atoms with Crippen molar-refractivity contribution in [3.05, 3.63) is 34.9 Å². The van der Waals surface area contributed by atoms with Crippen molar-refractivity contribution in [3.8, 4) is 0 Å². The summed E-state index contributed by atoms with van der Waals surface area (Å²) in [5.74, 6) is -1.44. The molecule has 0 bridgehead atoms. The second-order valence-corrected chi connectivity index (χ2v) is 7.34. The van der Waals surface area contributed by atoms with Gasteiger partial charge in [-0.1, -0.05) is 33.6 Å². The van der Waals surface area contributed by atoms with Crippen molar-refractivity contribution in [1.82, 2.24) is 10.2 Å². The summed E-state index contributed by atoms with van der Waals surface area (Å²) in [4.78, 5) is 50.0. The summed E-state index contributed by atoms with van der Waals surface area (Å²) in [5.41, 5.74) is 0.635. The molecule has 7 nitrogen and oxygen atoms in total. The molecular formula is C21H28N2O5. The van der Waals surface area contributed by atoms with Crippen LogP contribution in [-0.4, -0.2) is 48.3 Å². The standard InChI is InChI=1S/C21H28N2O5/c1-4-5-6-10-22-18(24)13-28-21(27)15-7-8-16-17(12-15)20(26)23(19(16)25)11-9-14(2)3/h7-8,12,14H,4-6,9-11,13H2,1-3H3,(H,22,24). The number of nitrogens with zero attached hydrogens (tertiary/aromatic N) is 1. The van der Waals surface area contributed by atoms with E-state index < -0.39 is 11.9 Å². The number of rotatable bonds is 10. The van der Waals surface area contributed by atoms with Gasteiger partial charge >= 0.3 is 5.97 Å². The van der Waals surface area contributed by atoms with Crippen LogP contribution in [0, 0.1) is 5.92 Å². The molecule has 0 unspecified atom stereocenters. The van der Waals surface area contributed by atoms with Crippen LogP contribution in [0.15, 0.2) is 18.2 Å². The number of unbranched alkanes of at least 4 members (excludes halogenated alkanes) is 2. The summed E-state index contributed by atoms with van der Waals surface area (Å²) < 4.78 is 5.01. The first-order chi connectivity index (χ1) is 13.3. The third-order valence-corrected chi connectivity index (χ3v) is 4.57. The van der Waals surface area contributed by atoms with Gasteiger partial charge in [-0.2, -0.15) is 0 Å². The molecule has 1 aliphatic heterocycles. The van der Waals surface area contributed by atoms with Crippen LogP contribution in [-0.2, 0) is 9.53 Å². The highest BCUT2D eigenvalue weighted by atomic mass is 16.5. The molecule has 0 aromatic heterocycles. The van der Waals surface area contributed by atoms with E-state index in [4.69, 9.17) is 4.74 Å². The number of hydrogen-bond donors (Lipinski definition) is 1. The summed E-state index contributed by atoms with van der Waals surface area (Å²) in [6.45, 7) is 6.63. The lowest BCUT2D eigenvalue weighted by Crippen LogP contribution is -2.31. The van der Waals surface area contributed by atoms with Gasteiger partial charge in [0.1, 0.15) is 0 Å². The molecular weight excluding hydrogens is 360 g/mol. The van der Waals surface area contributed by atoms with Gasteiger partial charge in [0.05, 0.1) is 16.7 Å². The normalized spacial score (nSPS) is 13.1. The fraction of sp³-hybridized carbons (Fsp3) is 0.524. The zero-order valence-corrected chi connectivity index (χ0v) is 16.7. The molecule has 0 saturated carbocycles. The minimum atomic E-state index is -0.701. The van der Waals surface area contributed by atoms with Crippen molar-refractivity contribution in [1.29, 1.82) is 0 Å². The van der Waals surface area contributed by atoms with E-state index in [1.807, 2.05) is 13.8 Å². The van der Waals surface area contributed by atoms with Gasteiger partial charge in [-0.3, -0.25) is 19.3 Å². The van der Waals surface area contributed by atoms with Gasteiger partial charge in [0, 0.05) is 13.1 Å². The largest absolute Gasteiger partial charge is 0.452 e. The number of imide groups is 1. The summed E-state index contributed by atoms with van der Waals surface area (Å²) >= 11 is 0. The van der Waals surface area contributed by atoms with Crippen LogP contribution in [0.3, 0.4) is 0 Å². The van der Waals surface area contributed by atoms with Crippen molar-refractivity contribution in [3.63, 3.8) is 0 Å². The van der Waals surface area contributed by atoms with Crippen LogP contribution in [0.5, 0.6) is 0 Å². The molecule has 0 radical (unpaired) electrons. The zero-order chi connectivity index (χ0) is 20.7. The Morgan fingerprint density at radius 3 is 2.50 bits per heavy atom. The minimum Gasteiger partial charge on any atom is -0.452 e. The van der Waals surface area contributed by atoms with E-state index in [1.165, 1.54) is 23.1 Å². The van der Waals surface area contributed by atoms with Crippen LogP contribution >= 0.6 is 0 Å². The quantitative estimate of drug-likeness (QED) is 0.378. The zero-order valence-electron chi connectivity index (χ0n) is 16.7. The van der Waals surface area contributed by atoms with Gasteiger partial charge in [0.25, 0.3) is 17.7 Å². The molecule has 1 heterocycles. The fourth-order valence-electron chi connectivity index (χ4n) is 2.88. The van der Waals surface area contributed by atoms with E-state index in [9.17, 15) is 19.2 Å². The highest BCUT2D eigenvalue weighted by Gasteiger charge is 2.35. The van der Waals surface area contributed by atoms with Crippen LogP contribution in [0.4, 0.5) is 0 Å². The molecule has 0 saturated heterocycles. The molecule has 0 spiro atoms. The second-order valence-electron chi connectivity index (χ2n) is 7.34. The average molecular weight is 388 g/mol. The highest BCUT2D eigenvalue weighted by molar-refractivity contribution is 6.21. The third-order valence-electron chi connectivity index (χ3n) is 4.57. The Labute approximate surface area is 165 Å². The first kappa shape index (κ1) is 21.6. The maximum absolute atomic E-state index is 12.5. The number of benzene rings is 1. The Bertz CT molecular complexity index is 757. The highest BCUT2D eigenvalue weighted by Crippen LogP contribution is 2.25. The van der Waals surface area contributed by atoms with E-state index >= 15 is 0 Å². The van der Waals surface area contributed by atoms with Crippen LogP contribution in [0.2, 0.25) is 0 Å². The van der Waals surface area contributed by atoms with Crippen molar-refractivity contribution in [2.45, 2.75) is 46.5 Å². The summed E-state index contributed by atoms with van der Waals surface area (Å²) in [7, 11) is 0.